The lowest BCUT2D eigenvalue weighted by Gasteiger charge is -2.02. The van der Waals surface area contributed by atoms with E-state index >= 15 is 0 Å². The number of aliphatic carboxylic acids is 1. The van der Waals surface area contributed by atoms with Crippen molar-refractivity contribution in [3.8, 4) is 0 Å². The fraction of sp³-hybridized carbons (Fsp3) is 0.0909. The van der Waals surface area contributed by atoms with Crippen LogP contribution in [0.1, 0.15) is 10.4 Å². The molecule has 5 nitrogen and oxygen atoms in total. The van der Waals surface area contributed by atoms with Gasteiger partial charge in [0.2, 0.25) is 0 Å². The number of para-hydroxylation sites is 1. The minimum atomic E-state index is -1.02. The second kappa shape index (κ2) is 4.10. The Morgan fingerprint density at radius 3 is 2.71 bits per heavy atom. The Labute approximate surface area is 101 Å². The van der Waals surface area contributed by atoms with Crippen LogP contribution < -0.4 is 5.73 Å². The molecule has 88 valence electrons. The molecule has 6 heteroatoms. The van der Waals surface area contributed by atoms with Crippen molar-refractivity contribution < 1.29 is 14.7 Å². The van der Waals surface area contributed by atoms with E-state index in [0.29, 0.717) is 15.9 Å². The molecule has 1 heterocycles. The van der Waals surface area contributed by atoms with Crippen LogP contribution >= 0.6 is 11.6 Å². The first kappa shape index (κ1) is 11.5. The van der Waals surface area contributed by atoms with Gasteiger partial charge in [0.05, 0.1) is 16.1 Å². The van der Waals surface area contributed by atoms with Crippen molar-refractivity contribution in [3.05, 3.63) is 35.0 Å². The zero-order valence-corrected chi connectivity index (χ0v) is 9.44. The Bertz CT molecular complexity index is 618. The van der Waals surface area contributed by atoms with E-state index < -0.39 is 11.9 Å². The van der Waals surface area contributed by atoms with Gasteiger partial charge in [-0.05, 0) is 6.07 Å². The lowest BCUT2D eigenvalue weighted by molar-refractivity contribution is -0.137. The number of carboxylic acid groups (broad SMARTS) is 1. The maximum atomic E-state index is 11.2. The number of halogens is 1. The van der Waals surface area contributed by atoms with Crippen LogP contribution in [0.2, 0.25) is 5.02 Å². The molecule has 0 saturated carbocycles. The molecule has 2 aromatic rings. The van der Waals surface area contributed by atoms with Crippen LogP contribution in [0.5, 0.6) is 0 Å². The van der Waals surface area contributed by atoms with Crippen LogP contribution in [0.3, 0.4) is 0 Å². The summed E-state index contributed by atoms with van der Waals surface area (Å²) in [4.78, 5) is 22.0. The first-order chi connectivity index (χ1) is 8.00. The second-order valence-electron chi connectivity index (χ2n) is 3.56. The van der Waals surface area contributed by atoms with Crippen LogP contribution in [0, 0.1) is 0 Å². The molecule has 0 spiro atoms. The van der Waals surface area contributed by atoms with E-state index in [1.807, 2.05) is 0 Å². The summed E-state index contributed by atoms with van der Waals surface area (Å²) in [5.41, 5.74) is 6.00. The Balaban J connectivity index is 2.75. The minimum absolute atomic E-state index is 0.267. The molecule has 2 rings (SSSR count). The first-order valence-corrected chi connectivity index (χ1v) is 5.17. The normalized spacial score (nSPS) is 10.6. The molecule has 0 aliphatic rings. The molecule has 0 aliphatic heterocycles. The third-order valence-electron chi connectivity index (χ3n) is 2.42. The van der Waals surface area contributed by atoms with Gasteiger partial charge in [0.1, 0.15) is 6.54 Å². The number of carbonyl (C=O) groups excluding carboxylic acids is 1. The van der Waals surface area contributed by atoms with Crippen molar-refractivity contribution in [1.29, 1.82) is 0 Å². The molecule has 3 N–H and O–H groups in total. The van der Waals surface area contributed by atoms with Gasteiger partial charge in [0.25, 0.3) is 5.91 Å². The van der Waals surface area contributed by atoms with Gasteiger partial charge < -0.3 is 15.4 Å². The van der Waals surface area contributed by atoms with E-state index in [1.165, 1.54) is 10.8 Å². The van der Waals surface area contributed by atoms with Crippen molar-refractivity contribution in [3.63, 3.8) is 0 Å². The molecular formula is C11H9ClN2O3. The zero-order chi connectivity index (χ0) is 12.6. The van der Waals surface area contributed by atoms with Gasteiger partial charge in [0.15, 0.2) is 0 Å². The van der Waals surface area contributed by atoms with E-state index in [9.17, 15) is 9.59 Å². The van der Waals surface area contributed by atoms with E-state index in [-0.39, 0.29) is 12.1 Å². The summed E-state index contributed by atoms with van der Waals surface area (Å²) < 4.78 is 1.40. The average molecular weight is 253 g/mol. The molecule has 0 fully saturated rings. The Hall–Kier alpha value is -2.01. The van der Waals surface area contributed by atoms with Crippen molar-refractivity contribution in [2.24, 2.45) is 5.73 Å². The maximum absolute atomic E-state index is 11.2. The number of hydrogen-bond donors (Lipinski definition) is 2. The lowest BCUT2D eigenvalue weighted by Crippen LogP contribution is -2.11. The predicted molar refractivity (Wildman–Crippen MR) is 63.1 cm³/mol. The third kappa shape index (κ3) is 1.97. The van der Waals surface area contributed by atoms with Crippen molar-refractivity contribution >= 4 is 34.4 Å². The highest BCUT2D eigenvalue weighted by atomic mass is 35.5. The summed E-state index contributed by atoms with van der Waals surface area (Å²) in [6.07, 6.45) is 1.41. The van der Waals surface area contributed by atoms with Crippen LogP contribution in [0.25, 0.3) is 10.9 Å². The summed E-state index contributed by atoms with van der Waals surface area (Å²) >= 11 is 6.00. The fourth-order valence-corrected chi connectivity index (χ4v) is 2.06. The lowest BCUT2D eigenvalue weighted by atomic mass is 10.2. The fourth-order valence-electron chi connectivity index (χ4n) is 1.78. The number of nitrogens with zero attached hydrogens (tertiary/aromatic N) is 1. The average Bonchev–Trinajstić information content (AvgIpc) is 2.57. The van der Waals surface area contributed by atoms with Gasteiger partial charge in [-0.25, -0.2) is 0 Å². The highest BCUT2D eigenvalue weighted by Crippen LogP contribution is 2.27. The SMILES string of the molecule is NC(=O)c1cn(CC(=O)O)c2c(Cl)cccc12. The monoisotopic (exact) mass is 252 g/mol. The topological polar surface area (TPSA) is 85.3 Å². The summed E-state index contributed by atoms with van der Waals surface area (Å²) in [5.74, 6) is -1.63. The van der Waals surface area contributed by atoms with E-state index in [0.717, 1.165) is 0 Å². The number of fused-ring (bicyclic) bond motifs is 1. The van der Waals surface area contributed by atoms with Gasteiger partial charge in [0, 0.05) is 11.6 Å². The molecule has 17 heavy (non-hydrogen) atoms. The second-order valence-corrected chi connectivity index (χ2v) is 3.97. The molecule has 0 saturated heterocycles. The molecule has 1 aromatic heterocycles. The van der Waals surface area contributed by atoms with Crippen LogP contribution in [-0.4, -0.2) is 21.6 Å². The zero-order valence-electron chi connectivity index (χ0n) is 8.68. The molecule has 1 aromatic carbocycles. The number of aromatic nitrogens is 1. The summed E-state index contributed by atoms with van der Waals surface area (Å²) in [7, 11) is 0. The first-order valence-electron chi connectivity index (χ1n) is 4.79. The third-order valence-corrected chi connectivity index (χ3v) is 2.73. The Kier molecular flexibility index (Phi) is 2.77. The molecule has 0 atom stereocenters. The summed E-state index contributed by atoms with van der Waals surface area (Å²) in [5, 5.41) is 9.73. The van der Waals surface area contributed by atoms with E-state index in [2.05, 4.69) is 0 Å². The van der Waals surface area contributed by atoms with Gasteiger partial charge in [-0.1, -0.05) is 23.7 Å². The number of nitrogens with two attached hydrogens (primary N) is 1. The molecule has 0 unspecified atom stereocenters. The highest BCUT2D eigenvalue weighted by molar-refractivity contribution is 6.35. The quantitative estimate of drug-likeness (QED) is 0.868. The van der Waals surface area contributed by atoms with Crippen LogP contribution in [0.15, 0.2) is 24.4 Å². The van der Waals surface area contributed by atoms with Crippen molar-refractivity contribution in [1.82, 2.24) is 4.57 Å². The molecule has 0 aliphatic carbocycles. The Morgan fingerprint density at radius 1 is 1.41 bits per heavy atom. The molecular weight excluding hydrogens is 244 g/mol. The smallest absolute Gasteiger partial charge is 0.323 e. The number of benzene rings is 1. The van der Waals surface area contributed by atoms with E-state index in [4.69, 9.17) is 22.4 Å². The van der Waals surface area contributed by atoms with Crippen LogP contribution in [0.4, 0.5) is 0 Å². The predicted octanol–water partition coefficient (Wildman–Crippen LogP) is 1.48. The van der Waals surface area contributed by atoms with Crippen molar-refractivity contribution in [2.75, 3.05) is 0 Å². The standard InChI is InChI=1S/C11H9ClN2O3/c12-8-3-1-2-6-7(11(13)17)4-14(10(6)8)5-9(15)16/h1-4H,5H2,(H2,13,17)(H,15,16). The summed E-state index contributed by atoms with van der Waals surface area (Å²) in [6.45, 7) is -0.270. The van der Waals surface area contributed by atoms with Gasteiger partial charge in [-0.2, -0.15) is 0 Å². The number of carboxylic acids is 1. The number of rotatable bonds is 3. The van der Waals surface area contributed by atoms with Gasteiger partial charge in [-0.15, -0.1) is 0 Å². The van der Waals surface area contributed by atoms with Gasteiger partial charge in [-0.3, -0.25) is 9.59 Å². The summed E-state index contributed by atoms with van der Waals surface area (Å²) in [6, 6.07) is 4.99. The number of carbonyl (C=O) groups is 2. The number of hydrogen-bond acceptors (Lipinski definition) is 2. The van der Waals surface area contributed by atoms with E-state index in [1.54, 1.807) is 18.2 Å². The molecule has 0 bridgehead atoms. The molecule has 1 amide bonds. The minimum Gasteiger partial charge on any atom is -0.480 e. The number of amides is 1. The largest absolute Gasteiger partial charge is 0.480 e. The van der Waals surface area contributed by atoms with Crippen LogP contribution in [-0.2, 0) is 11.3 Å². The van der Waals surface area contributed by atoms with Gasteiger partial charge >= 0.3 is 5.97 Å². The maximum Gasteiger partial charge on any atom is 0.323 e. The number of primary amides is 1. The Morgan fingerprint density at radius 2 is 2.12 bits per heavy atom. The highest BCUT2D eigenvalue weighted by Gasteiger charge is 2.15. The van der Waals surface area contributed by atoms with Crippen molar-refractivity contribution in [2.45, 2.75) is 6.54 Å². The molecule has 0 radical (unpaired) electrons.